The van der Waals surface area contributed by atoms with Crippen molar-refractivity contribution in [3.8, 4) is 5.75 Å². The van der Waals surface area contributed by atoms with Crippen molar-refractivity contribution in [2.75, 3.05) is 5.88 Å². The van der Waals surface area contributed by atoms with Gasteiger partial charge in [-0.05, 0) is 24.1 Å². The Labute approximate surface area is 114 Å². The molecule has 98 valence electrons. The molecule has 0 aliphatic heterocycles. The molecule has 0 saturated carbocycles. The minimum atomic E-state index is -1.75. The molecule has 0 fully saturated rings. The fourth-order valence-electron chi connectivity index (χ4n) is 1.72. The van der Waals surface area contributed by atoms with Crippen LogP contribution in [0.15, 0.2) is 18.2 Å². The highest BCUT2D eigenvalue weighted by Gasteiger charge is 2.44. The Hall–Kier alpha value is -1.46. The van der Waals surface area contributed by atoms with Gasteiger partial charge >= 0.3 is 0 Å². The van der Waals surface area contributed by atoms with Gasteiger partial charge in [-0.15, -0.1) is 11.6 Å². The van der Waals surface area contributed by atoms with E-state index in [1.807, 2.05) is 0 Å². The highest BCUT2D eigenvalue weighted by molar-refractivity contribution is 6.32. The van der Waals surface area contributed by atoms with Gasteiger partial charge in [0, 0.05) is 5.88 Å². The van der Waals surface area contributed by atoms with Crippen molar-refractivity contribution in [3.63, 3.8) is 0 Å². The van der Waals surface area contributed by atoms with Crippen molar-refractivity contribution in [3.05, 3.63) is 28.8 Å². The van der Waals surface area contributed by atoms with Crippen LogP contribution in [-0.4, -0.2) is 22.8 Å². The molecule has 1 rings (SSSR count). The van der Waals surface area contributed by atoms with Crippen LogP contribution in [0, 0.1) is 0 Å². The summed E-state index contributed by atoms with van der Waals surface area (Å²) in [6.07, 6.45) is -0.0553. The molecule has 1 aromatic carbocycles. The second kappa shape index (κ2) is 5.46. The van der Waals surface area contributed by atoms with Crippen LogP contribution in [0.1, 0.15) is 12.0 Å². The van der Waals surface area contributed by atoms with Crippen LogP contribution >= 0.6 is 23.2 Å². The molecule has 0 unspecified atom stereocenters. The van der Waals surface area contributed by atoms with Crippen molar-refractivity contribution in [2.45, 2.75) is 11.8 Å². The van der Waals surface area contributed by atoms with E-state index in [1.165, 1.54) is 18.2 Å². The number of carbonyl (C=O) groups excluding carboxylic acids is 2. The van der Waals surface area contributed by atoms with Crippen molar-refractivity contribution in [1.29, 1.82) is 0 Å². The standard InChI is InChI=1S/C11H12Cl2N2O3/c12-4-3-11(9(14)17,10(15)18)6-1-2-7(13)8(16)5-6/h1-2,5,16H,3-4H2,(H2,14,17)(H2,15,18). The predicted octanol–water partition coefficient (Wildman–Crippen LogP) is 0.883. The number of carbonyl (C=O) groups is 2. The number of aromatic hydroxyl groups is 1. The number of hydrogen-bond acceptors (Lipinski definition) is 3. The third kappa shape index (κ3) is 2.37. The number of amides is 2. The summed E-state index contributed by atoms with van der Waals surface area (Å²) < 4.78 is 0. The number of rotatable bonds is 5. The number of phenols is 1. The summed E-state index contributed by atoms with van der Waals surface area (Å²) in [7, 11) is 0. The molecule has 0 atom stereocenters. The van der Waals surface area contributed by atoms with Crippen molar-refractivity contribution < 1.29 is 14.7 Å². The Kier molecular flexibility index (Phi) is 4.43. The van der Waals surface area contributed by atoms with E-state index in [0.29, 0.717) is 0 Å². The van der Waals surface area contributed by atoms with Crippen LogP contribution in [-0.2, 0) is 15.0 Å². The van der Waals surface area contributed by atoms with Crippen molar-refractivity contribution in [2.24, 2.45) is 11.5 Å². The topological polar surface area (TPSA) is 106 Å². The molecule has 7 heteroatoms. The van der Waals surface area contributed by atoms with Crippen molar-refractivity contribution >= 4 is 35.0 Å². The van der Waals surface area contributed by atoms with Gasteiger partial charge in [0.05, 0.1) is 5.02 Å². The third-order valence-electron chi connectivity index (χ3n) is 2.75. The van der Waals surface area contributed by atoms with Gasteiger partial charge in [0.15, 0.2) is 5.41 Å². The van der Waals surface area contributed by atoms with Crippen LogP contribution in [0.5, 0.6) is 5.75 Å². The Morgan fingerprint density at radius 2 is 1.83 bits per heavy atom. The van der Waals surface area contributed by atoms with Crippen LogP contribution in [0.4, 0.5) is 0 Å². The maximum Gasteiger partial charge on any atom is 0.237 e. The minimum absolute atomic E-state index is 0.00919. The van der Waals surface area contributed by atoms with Gasteiger partial charge in [0.2, 0.25) is 11.8 Å². The zero-order valence-electron chi connectivity index (χ0n) is 9.32. The Morgan fingerprint density at radius 3 is 2.22 bits per heavy atom. The third-order valence-corrected chi connectivity index (χ3v) is 3.26. The van der Waals surface area contributed by atoms with Crippen LogP contribution in [0.25, 0.3) is 0 Å². The Bertz CT molecular complexity index is 477. The van der Waals surface area contributed by atoms with Crippen molar-refractivity contribution in [1.82, 2.24) is 0 Å². The van der Waals surface area contributed by atoms with Gasteiger partial charge in [-0.25, -0.2) is 0 Å². The zero-order valence-corrected chi connectivity index (χ0v) is 10.8. The lowest BCUT2D eigenvalue weighted by molar-refractivity contribution is -0.134. The molecular weight excluding hydrogens is 279 g/mol. The second-order valence-corrected chi connectivity index (χ2v) is 4.52. The summed E-state index contributed by atoms with van der Waals surface area (Å²) in [5.74, 6) is -2.10. The summed E-state index contributed by atoms with van der Waals surface area (Å²) in [6.45, 7) is 0. The molecule has 1 aromatic rings. The van der Waals surface area contributed by atoms with Gasteiger partial charge in [-0.3, -0.25) is 9.59 Å². The number of primary amides is 2. The molecule has 2 amide bonds. The first kappa shape index (κ1) is 14.6. The van der Waals surface area contributed by atoms with Gasteiger partial charge in [-0.2, -0.15) is 0 Å². The molecule has 5 nitrogen and oxygen atoms in total. The summed E-state index contributed by atoms with van der Waals surface area (Å²) in [5.41, 5.74) is 8.96. The monoisotopic (exact) mass is 290 g/mol. The van der Waals surface area contributed by atoms with E-state index in [1.54, 1.807) is 0 Å². The lowest BCUT2D eigenvalue weighted by Crippen LogP contribution is -2.51. The first-order valence-corrected chi connectivity index (χ1v) is 5.92. The van der Waals surface area contributed by atoms with E-state index in [4.69, 9.17) is 34.7 Å². The van der Waals surface area contributed by atoms with Gasteiger partial charge < -0.3 is 16.6 Å². The Morgan fingerprint density at radius 1 is 1.28 bits per heavy atom. The van der Waals surface area contributed by atoms with Gasteiger partial charge in [0.1, 0.15) is 5.75 Å². The lowest BCUT2D eigenvalue weighted by Gasteiger charge is -2.27. The first-order chi connectivity index (χ1) is 8.36. The number of phenolic OH excluding ortho intramolecular Hbond substituents is 1. The maximum absolute atomic E-state index is 11.6. The molecular formula is C11H12Cl2N2O3. The molecule has 0 saturated heterocycles. The molecule has 0 aliphatic rings. The maximum atomic E-state index is 11.6. The molecule has 0 aromatic heterocycles. The largest absolute Gasteiger partial charge is 0.506 e. The Balaban J connectivity index is 3.46. The molecule has 0 heterocycles. The minimum Gasteiger partial charge on any atom is -0.506 e. The smallest absolute Gasteiger partial charge is 0.237 e. The molecule has 0 aliphatic carbocycles. The van der Waals surface area contributed by atoms with E-state index >= 15 is 0 Å². The fraction of sp³-hybridized carbons (Fsp3) is 0.273. The van der Waals surface area contributed by atoms with Crippen LogP contribution < -0.4 is 11.5 Å². The number of nitrogens with two attached hydrogens (primary N) is 2. The van der Waals surface area contributed by atoms with E-state index < -0.39 is 17.2 Å². The normalized spacial score (nSPS) is 11.2. The highest BCUT2D eigenvalue weighted by atomic mass is 35.5. The average molecular weight is 291 g/mol. The molecule has 5 N–H and O–H groups in total. The second-order valence-electron chi connectivity index (χ2n) is 3.74. The molecule has 0 spiro atoms. The van der Waals surface area contributed by atoms with Gasteiger partial charge in [-0.1, -0.05) is 17.7 Å². The van der Waals surface area contributed by atoms with E-state index in [2.05, 4.69) is 0 Å². The van der Waals surface area contributed by atoms with E-state index in [-0.39, 0.29) is 28.6 Å². The molecule has 0 radical (unpaired) electrons. The number of benzene rings is 1. The van der Waals surface area contributed by atoms with Gasteiger partial charge in [0.25, 0.3) is 0 Å². The van der Waals surface area contributed by atoms with Crippen LogP contribution in [0.3, 0.4) is 0 Å². The van der Waals surface area contributed by atoms with E-state index in [9.17, 15) is 14.7 Å². The molecule has 0 bridgehead atoms. The van der Waals surface area contributed by atoms with E-state index in [0.717, 1.165) is 0 Å². The van der Waals surface area contributed by atoms with Crippen LogP contribution in [0.2, 0.25) is 5.02 Å². The molecule has 18 heavy (non-hydrogen) atoms. The summed E-state index contributed by atoms with van der Waals surface area (Å²) in [5, 5.41) is 9.62. The SMILES string of the molecule is NC(=O)C(CCCl)(C(N)=O)c1ccc(Cl)c(O)c1. The average Bonchev–Trinajstić information content (AvgIpc) is 2.28. The summed E-state index contributed by atoms with van der Waals surface area (Å²) in [4.78, 5) is 23.2. The number of alkyl halides is 1. The quantitative estimate of drug-likeness (QED) is 0.553. The summed E-state index contributed by atoms with van der Waals surface area (Å²) in [6, 6.07) is 3.94. The first-order valence-electron chi connectivity index (χ1n) is 5.01. The lowest BCUT2D eigenvalue weighted by atomic mass is 9.76. The number of halogens is 2. The fourth-order valence-corrected chi connectivity index (χ4v) is 2.12. The summed E-state index contributed by atoms with van der Waals surface area (Å²) >= 11 is 11.2. The highest BCUT2D eigenvalue weighted by Crippen LogP contribution is 2.33. The number of hydrogen-bond donors (Lipinski definition) is 3. The zero-order chi connectivity index (χ0) is 13.9. The predicted molar refractivity (Wildman–Crippen MR) is 68.5 cm³/mol.